The van der Waals surface area contributed by atoms with Crippen LogP contribution in [0.5, 0.6) is 0 Å². The quantitative estimate of drug-likeness (QED) is 0.867. The van der Waals surface area contributed by atoms with E-state index in [0.29, 0.717) is 6.61 Å². The van der Waals surface area contributed by atoms with Crippen molar-refractivity contribution in [1.82, 2.24) is 0 Å². The van der Waals surface area contributed by atoms with Crippen LogP contribution in [0.2, 0.25) is 0 Å². The molecule has 2 rings (SSSR count). The molecule has 1 atom stereocenters. The summed E-state index contributed by atoms with van der Waals surface area (Å²) in [6, 6.07) is 7.78. The predicted octanol–water partition coefficient (Wildman–Crippen LogP) is 2.70. The van der Waals surface area contributed by atoms with Crippen LogP contribution in [0.1, 0.15) is 18.4 Å². The van der Waals surface area contributed by atoms with Gasteiger partial charge in [-0.2, -0.15) is 0 Å². The second-order valence-electron chi connectivity index (χ2n) is 3.82. The minimum absolute atomic E-state index is 0.0379. The smallest absolute Gasteiger partial charge is 0.253 e. The van der Waals surface area contributed by atoms with Gasteiger partial charge in [0.2, 0.25) is 0 Å². The Bertz CT molecular complexity index is 358. The molecule has 1 amide bonds. The highest BCUT2D eigenvalue weighted by Crippen LogP contribution is 2.16. The monoisotopic (exact) mass is 283 g/mol. The van der Waals surface area contributed by atoms with Crippen molar-refractivity contribution in [2.45, 2.75) is 24.3 Å². The normalized spacial score (nSPS) is 19.7. The number of amides is 1. The molecule has 1 aromatic rings. The first-order chi connectivity index (χ1) is 7.79. The van der Waals surface area contributed by atoms with Gasteiger partial charge in [-0.15, -0.1) is 0 Å². The molecule has 1 aliphatic rings. The molecule has 1 aliphatic heterocycles. The van der Waals surface area contributed by atoms with Crippen LogP contribution in [-0.2, 0) is 14.9 Å². The molecule has 86 valence electrons. The lowest BCUT2D eigenvalue weighted by atomic mass is 10.2. The second kappa shape index (κ2) is 5.46. The molecule has 0 bridgehead atoms. The van der Waals surface area contributed by atoms with Crippen molar-refractivity contribution in [1.29, 1.82) is 0 Å². The molecule has 0 aromatic heterocycles. The minimum Gasteiger partial charge on any atom is -0.368 e. The number of hydrogen-bond acceptors (Lipinski definition) is 2. The van der Waals surface area contributed by atoms with Crippen LogP contribution in [0, 0.1) is 0 Å². The van der Waals surface area contributed by atoms with Crippen molar-refractivity contribution in [3.05, 3.63) is 29.8 Å². The van der Waals surface area contributed by atoms with Gasteiger partial charge in [0.1, 0.15) is 6.10 Å². The molecule has 1 N–H and O–H groups in total. The first kappa shape index (κ1) is 11.6. The molecule has 4 heteroatoms. The molecule has 16 heavy (non-hydrogen) atoms. The number of alkyl halides is 1. The van der Waals surface area contributed by atoms with Crippen molar-refractivity contribution in [2.75, 3.05) is 11.9 Å². The fourth-order valence-electron chi connectivity index (χ4n) is 1.68. The van der Waals surface area contributed by atoms with Crippen LogP contribution < -0.4 is 5.32 Å². The van der Waals surface area contributed by atoms with Crippen LogP contribution in [-0.4, -0.2) is 18.6 Å². The molecule has 1 fully saturated rings. The van der Waals surface area contributed by atoms with E-state index in [-0.39, 0.29) is 12.0 Å². The largest absolute Gasteiger partial charge is 0.368 e. The third kappa shape index (κ3) is 2.83. The number of benzene rings is 1. The third-order valence-electron chi connectivity index (χ3n) is 2.60. The lowest BCUT2D eigenvalue weighted by Gasteiger charge is -2.10. The van der Waals surface area contributed by atoms with E-state index in [1.807, 2.05) is 24.3 Å². The zero-order chi connectivity index (χ0) is 11.4. The van der Waals surface area contributed by atoms with E-state index in [9.17, 15) is 4.79 Å². The van der Waals surface area contributed by atoms with E-state index < -0.39 is 0 Å². The summed E-state index contributed by atoms with van der Waals surface area (Å²) in [6.07, 6.45) is 1.53. The number of halogens is 1. The average Bonchev–Trinajstić information content (AvgIpc) is 2.83. The van der Waals surface area contributed by atoms with Crippen molar-refractivity contribution in [3.8, 4) is 0 Å². The van der Waals surface area contributed by atoms with Crippen LogP contribution in [0.4, 0.5) is 5.69 Å². The van der Waals surface area contributed by atoms with Gasteiger partial charge in [0.15, 0.2) is 0 Å². The molecule has 1 heterocycles. The van der Waals surface area contributed by atoms with Crippen LogP contribution >= 0.6 is 15.9 Å². The van der Waals surface area contributed by atoms with Gasteiger partial charge in [-0.05, 0) is 30.5 Å². The van der Waals surface area contributed by atoms with Crippen LogP contribution in [0.25, 0.3) is 0 Å². The number of hydrogen-bond donors (Lipinski definition) is 1. The Morgan fingerprint density at radius 1 is 1.44 bits per heavy atom. The van der Waals surface area contributed by atoms with Gasteiger partial charge in [-0.3, -0.25) is 4.79 Å². The van der Waals surface area contributed by atoms with Gasteiger partial charge in [-0.1, -0.05) is 28.1 Å². The fraction of sp³-hybridized carbons (Fsp3) is 0.417. The average molecular weight is 284 g/mol. The van der Waals surface area contributed by atoms with E-state index in [4.69, 9.17) is 4.74 Å². The summed E-state index contributed by atoms with van der Waals surface area (Å²) in [5.74, 6) is -0.0379. The van der Waals surface area contributed by atoms with Gasteiger partial charge < -0.3 is 10.1 Å². The summed E-state index contributed by atoms with van der Waals surface area (Å²) in [7, 11) is 0. The van der Waals surface area contributed by atoms with Gasteiger partial charge in [-0.25, -0.2) is 0 Å². The predicted molar refractivity (Wildman–Crippen MR) is 66.7 cm³/mol. The molecule has 1 unspecified atom stereocenters. The van der Waals surface area contributed by atoms with Crippen molar-refractivity contribution in [2.24, 2.45) is 0 Å². The minimum atomic E-state index is -0.268. The Balaban J connectivity index is 1.94. The summed E-state index contributed by atoms with van der Waals surface area (Å²) in [5.41, 5.74) is 2.01. The lowest BCUT2D eigenvalue weighted by Crippen LogP contribution is -2.26. The summed E-state index contributed by atoms with van der Waals surface area (Å²) >= 11 is 3.38. The Morgan fingerprint density at radius 2 is 2.19 bits per heavy atom. The Labute approximate surface area is 103 Å². The molecule has 1 saturated heterocycles. The maximum Gasteiger partial charge on any atom is 0.253 e. The van der Waals surface area contributed by atoms with Crippen LogP contribution in [0.3, 0.4) is 0 Å². The van der Waals surface area contributed by atoms with E-state index in [1.54, 1.807) is 0 Å². The number of carbonyl (C=O) groups excluding carboxylic acids is 1. The van der Waals surface area contributed by atoms with Crippen LogP contribution in [0.15, 0.2) is 24.3 Å². The highest BCUT2D eigenvalue weighted by molar-refractivity contribution is 9.08. The zero-order valence-electron chi connectivity index (χ0n) is 8.91. The molecule has 0 radical (unpaired) electrons. The van der Waals surface area contributed by atoms with E-state index in [0.717, 1.165) is 23.9 Å². The van der Waals surface area contributed by atoms with Crippen molar-refractivity contribution in [3.63, 3.8) is 0 Å². The van der Waals surface area contributed by atoms with Crippen molar-refractivity contribution < 1.29 is 9.53 Å². The molecular formula is C12H14BrNO2. The maximum atomic E-state index is 11.7. The molecule has 0 saturated carbocycles. The Kier molecular flexibility index (Phi) is 3.96. The molecule has 1 aromatic carbocycles. The molecule has 0 aliphatic carbocycles. The van der Waals surface area contributed by atoms with Crippen molar-refractivity contribution >= 4 is 27.5 Å². The Hall–Kier alpha value is -0.870. The highest BCUT2D eigenvalue weighted by Gasteiger charge is 2.23. The Morgan fingerprint density at radius 3 is 2.75 bits per heavy atom. The second-order valence-corrected chi connectivity index (χ2v) is 4.38. The lowest BCUT2D eigenvalue weighted by molar-refractivity contribution is -0.124. The number of carbonyl (C=O) groups is 1. The molecule has 0 spiro atoms. The van der Waals surface area contributed by atoms with Gasteiger partial charge in [0, 0.05) is 17.6 Å². The highest BCUT2D eigenvalue weighted by atomic mass is 79.9. The van der Waals surface area contributed by atoms with Gasteiger partial charge in [0.05, 0.1) is 0 Å². The van der Waals surface area contributed by atoms with E-state index in [1.165, 1.54) is 5.56 Å². The zero-order valence-corrected chi connectivity index (χ0v) is 10.5. The number of anilines is 1. The summed E-state index contributed by atoms with van der Waals surface area (Å²) in [5, 5.41) is 3.68. The standard InChI is InChI=1S/C12H14BrNO2/c13-8-9-3-5-10(6-4-9)14-12(15)11-2-1-7-16-11/h3-6,11H,1-2,7-8H2,(H,14,15). The maximum absolute atomic E-state index is 11.7. The van der Waals surface area contributed by atoms with E-state index in [2.05, 4.69) is 21.2 Å². The molecular weight excluding hydrogens is 270 g/mol. The topological polar surface area (TPSA) is 38.3 Å². The molecule has 3 nitrogen and oxygen atoms in total. The number of ether oxygens (including phenoxy) is 1. The van der Waals surface area contributed by atoms with Gasteiger partial charge >= 0.3 is 0 Å². The first-order valence-corrected chi connectivity index (χ1v) is 6.49. The summed E-state index contributed by atoms with van der Waals surface area (Å²) in [6.45, 7) is 0.695. The fourth-order valence-corrected chi connectivity index (χ4v) is 2.06. The summed E-state index contributed by atoms with van der Waals surface area (Å²) < 4.78 is 5.31. The van der Waals surface area contributed by atoms with Gasteiger partial charge in [0.25, 0.3) is 5.91 Å². The first-order valence-electron chi connectivity index (χ1n) is 5.37. The van der Waals surface area contributed by atoms with E-state index >= 15 is 0 Å². The summed E-state index contributed by atoms with van der Waals surface area (Å²) in [4.78, 5) is 11.7. The number of rotatable bonds is 3. The number of nitrogens with one attached hydrogen (secondary N) is 1. The third-order valence-corrected chi connectivity index (χ3v) is 3.25. The SMILES string of the molecule is O=C(Nc1ccc(CBr)cc1)C1CCCO1.